The first-order valence-corrected chi connectivity index (χ1v) is 5.24. The summed E-state index contributed by atoms with van der Waals surface area (Å²) in [5, 5.41) is 20.9. The van der Waals surface area contributed by atoms with E-state index in [1.807, 2.05) is 6.07 Å². The molecule has 0 atom stereocenters. The number of nitriles is 1. The molecule has 20 heavy (non-hydrogen) atoms. The predicted molar refractivity (Wildman–Crippen MR) is 60.2 cm³/mol. The Labute approximate surface area is 110 Å². The molecule has 2 aromatic rings. The van der Waals surface area contributed by atoms with Crippen molar-refractivity contribution in [2.24, 2.45) is 0 Å². The second-order valence-electron chi connectivity index (χ2n) is 3.79. The average Bonchev–Trinajstić information content (AvgIpc) is 2.84. The molecule has 0 amide bonds. The molecule has 0 aliphatic heterocycles. The second kappa shape index (κ2) is 4.70. The highest BCUT2D eigenvalue weighted by molar-refractivity contribution is 5.86. The molecule has 2 rings (SSSR count). The summed E-state index contributed by atoms with van der Waals surface area (Å²) in [5.74, 6) is -1.55. The third-order valence-electron chi connectivity index (χ3n) is 2.44. The van der Waals surface area contributed by atoms with Gasteiger partial charge in [-0.1, -0.05) is 6.07 Å². The lowest BCUT2D eigenvalue weighted by Crippen LogP contribution is -2.09. The van der Waals surface area contributed by atoms with E-state index in [9.17, 15) is 18.0 Å². The quantitative estimate of drug-likeness (QED) is 0.917. The van der Waals surface area contributed by atoms with Gasteiger partial charge in [0.1, 0.15) is 0 Å². The van der Waals surface area contributed by atoms with Crippen molar-refractivity contribution >= 4 is 5.97 Å². The van der Waals surface area contributed by atoms with Crippen LogP contribution < -0.4 is 0 Å². The lowest BCUT2D eigenvalue weighted by atomic mass is 10.2. The molecule has 0 saturated heterocycles. The van der Waals surface area contributed by atoms with Crippen LogP contribution in [0.4, 0.5) is 13.2 Å². The van der Waals surface area contributed by atoms with Gasteiger partial charge in [0.15, 0.2) is 11.4 Å². The number of benzene rings is 1. The van der Waals surface area contributed by atoms with Gasteiger partial charge < -0.3 is 5.11 Å². The van der Waals surface area contributed by atoms with Crippen LogP contribution in [0, 0.1) is 11.3 Å². The number of aromatic nitrogens is 2. The number of hydrogen-bond acceptors (Lipinski definition) is 3. The number of carboxylic acid groups (broad SMARTS) is 1. The van der Waals surface area contributed by atoms with Crippen molar-refractivity contribution < 1.29 is 23.1 Å². The molecule has 1 aromatic carbocycles. The Kier molecular flexibility index (Phi) is 3.19. The minimum Gasteiger partial charge on any atom is -0.477 e. The van der Waals surface area contributed by atoms with Gasteiger partial charge in [-0.25, -0.2) is 9.48 Å². The summed E-state index contributed by atoms with van der Waals surface area (Å²) < 4.78 is 38.4. The van der Waals surface area contributed by atoms with Gasteiger partial charge in [0.05, 0.1) is 17.3 Å². The Bertz CT molecular complexity index is 713. The topological polar surface area (TPSA) is 78.9 Å². The molecule has 0 fully saturated rings. The summed E-state index contributed by atoms with van der Waals surface area (Å²) >= 11 is 0. The van der Waals surface area contributed by atoms with Gasteiger partial charge in [0.25, 0.3) is 0 Å². The van der Waals surface area contributed by atoms with Crippen LogP contribution in [0.2, 0.25) is 0 Å². The maximum Gasteiger partial charge on any atom is 0.435 e. The number of hydrogen-bond donors (Lipinski definition) is 1. The molecular weight excluding hydrogens is 275 g/mol. The summed E-state index contributed by atoms with van der Waals surface area (Å²) in [6.07, 6.45) is -4.75. The number of nitrogens with zero attached hydrogens (tertiary/aromatic N) is 3. The van der Waals surface area contributed by atoms with Crippen LogP contribution in [0.1, 0.15) is 21.7 Å². The number of rotatable bonds is 2. The fraction of sp³-hybridized carbons (Fsp3) is 0.0833. The minimum atomic E-state index is -4.75. The molecule has 0 saturated carbocycles. The molecule has 1 N–H and O–H groups in total. The van der Waals surface area contributed by atoms with Crippen LogP contribution in [-0.2, 0) is 6.18 Å². The van der Waals surface area contributed by atoms with Gasteiger partial charge in [-0.3, -0.25) is 0 Å². The van der Waals surface area contributed by atoms with E-state index in [0.29, 0.717) is 10.7 Å². The lowest BCUT2D eigenvalue weighted by Gasteiger charge is -2.04. The summed E-state index contributed by atoms with van der Waals surface area (Å²) in [6.45, 7) is 0. The van der Waals surface area contributed by atoms with Crippen molar-refractivity contribution in [3.63, 3.8) is 0 Å². The van der Waals surface area contributed by atoms with Gasteiger partial charge in [-0.05, 0) is 18.2 Å². The Morgan fingerprint density at radius 1 is 1.35 bits per heavy atom. The van der Waals surface area contributed by atoms with Crippen LogP contribution in [0.5, 0.6) is 0 Å². The molecule has 1 aromatic heterocycles. The molecule has 0 bridgehead atoms. The van der Waals surface area contributed by atoms with E-state index < -0.39 is 23.5 Å². The molecule has 0 aliphatic rings. The van der Waals surface area contributed by atoms with E-state index in [1.54, 1.807) is 0 Å². The van der Waals surface area contributed by atoms with E-state index >= 15 is 0 Å². The maximum atomic E-state index is 12.6. The van der Waals surface area contributed by atoms with E-state index in [0.717, 1.165) is 0 Å². The van der Waals surface area contributed by atoms with Gasteiger partial charge >= 0.3 is 12.1 Å². The van der Waals surface area contributed by atoms with E-state index in [4.69, 9.17) is 10.4 Å². The SMILES string of the molecule is N#Cc1cccc(-n2nc(C(F)(F)F)cc2C(=O)O)c1. The highest BCUT2D eigenvalue weighted by atomic mass is 19.4. The van der Waals surface area contributed by atoms with Crippen LogP contribution in [0.3, 0.4) is 0 Å². The predicted octanol–water partition coefficient (Wildman–Crippen LogP) is 2.46. The van der Waals surface area contributed by atoms with Crippen molar-refractivity contribution in [2.45, 2.75) is 6.18 Å². The first-order chi connectivity index (χ1) is 9.32. The third-order valence-corrected chi connectivity index (χ3v) is 2.44. The summed E-state index contributed by atoms with van der Waals surface area (Å²) in [5.41, 5.74) is -1.69. The minimum absolute atomic E-state index is 0.0666. The first-order valence-electron chi connectivity index (χ1n) is 5.24. The normalized spacial score (nSPS) is 11.1. The fourth-order valence-electron chi connectivity index (χ4n) is 1.58. The second-order valence-corrected chi connectivity index (χ2v) is 3.79. The average molecular weight is 281 g/mol. The fourth-order valence-corrected chi connectivity index (χ4v) is 1.58. The van der Waals surface area contributed by atoms with Crippen molar-refractivity contribution in [1.29, 1.82) is 5.26 Å². The smallest absolute Gasteiger partial charge is 0.435 e. The highest BCUT2D eigenvalue weighted by Gasteiger charge is 2.36. The Morgan fingerprint density at radius 2 is 2.05 bits per heavy atom. The Hall–Kier alpha value is -2.82. The zero-order chi connectivity index (χ0) is 14.9. The number of alkyl halides is 3. The van der Waals surface area contributed by atoms with Crippen LogP contribution >= 0.6 is 0 Å². The molecule has 8 heteroatoms. The zero-order valence-corrected chi connectivity index (χ0v) is 9.72. The summed E-state index contributed by atoms with van der Waals surface area (Å²) in [4.78, 5) is 11.0. The maximum absolute atomic E-state index is 12.6. The number of carboxylic acids is 1. The number of halogens is 3. The molecule has 0 unspecified atom stereocenters. The van der Waals surface area contributed by atoms with Crippen molar-refractivity contribution in [3.8, 4) is 11.8 Å². The number of carbonyl (C=O) groups is 1. The number of aromatic carboxylic acids is 1. The molecule has 1 heterocycles. The largest absolute Gasteiger partial charge is 0.477 e. The Morgan fingerprint density at radius 3 is 2.60 bits per heavy atom. The molecule has 102 valence electrons. The summed E-state index contributed by atoms with van der Waals surface area (Å²) in [6, 6.07) is 7.74. The van der Waals surface area contributed by atoms with Crippen LogP contribution in [0.25, 0.3) is 5.69 Å². The highest BCUT2D eigenvalue weighted by Crippen LogP contribution is 2.29. The third kappa shape index (κ3) is 2.47. The van der Waals surface area contributed by atoms with E-state index in [1.165, 1.54) is 24.3 Å². The van der Waals surface area contributed by atoms with Gasteiger partial charge in [-0.2, -0.15) is 23.5 Å². The lowest BCUT2D eigenvalue weighted by molar-refractivity contribution is -0.141. The molecule has 0 radical (unpaired) electrons. The van der Waals surface area contributed by atoms with Gasteiger partial charge in [-0.15, -0.1) is 0 Å². The molecule has 0 aliphatic carbocycles. The van der Waals surface area contributed by atoms with Crippen molar-refractivity contribution in [3.05, 3.63) is 47.3 Å². The van der Waals surface area contributed by atoms with Gasteiger partial charge in [0, 0.05) is 6.07 Å². The molecule has 0 spiro atoms. The van der Waals surface area contributed by atoms with E-state index in [-0.39, 0.29) is 11.3 Å². The Balaban J connectivity index is 2.63. The van der Waals surface area contributed by atoms with Crippen LogP contribution in [-0.4, -0.2) is 20.9 Å². The van der Waals surface area contributed by atoms with Crippen molar-refractivity contribution in [2.75, 3.05) is 0 Å². The standard InChI is InChI=1S/C12H6F3N3O2/c13-12(14,15)10-5-9(11(19)20)18(17-10)8-3-1-2-7(4-8)6-16/h1-5H,(H,19,20). The van der Waals surface area contributed by atoms with Crippen LogP contribution in [0.15, 0.2) is 30.3 Å². The monoisotopic (exact) mass is 281 g/mol. The van der Waals surface area contributed by atoms with E-state index in [2.05, 4.69) is 5.10 Å². The molecule has 5 nitrogen and oxygen atoms in total. The zero-order valence-electron chi connectivity index (χ0n) is 9.72. The van der Waals surface area contributed by atoms with Gasteiger partial charge in [0.2, 0.25) is 0 Å². The summed E-state index contributed by atoms with van der Waals surface area (Å²) in [7, 11) is 0. The van der Waals surface area contributed by atoms with Crippen molar-refractivity contribution in [1.82, 2.24) is 9.78 Å². The first kappa shape index (κ1) is 13.6. The molecular formula is C12H6F3N3O2.